The highest BCUT2D eigenvalue weighted by molar-refractivity contribution is 7.89. The van der Waals surface area contributed by atoms with Crippen molar-refractivity contribution >= 4 is 27.9 Å². The van der Waals surface area contributed by atoms with Crippen LogP contribution in [0.5, 0.6) is 0 Å². The van der Waals surface area contributed by atoms with Crippen molar-refractivity contribution in [3.63, 3.8) is 0 Å². The van der Waals surface area contributed by atoms with E-state index in [9.17, 15) is 34.8 Å². The SMILES string of the molecule is CS(=O)(=O)N=C(/C=C/c1ccc(C(F)(F)F)cc1)/C=C/c1ccc(C(F)(F)F)cc1. The van der Waals surface area contributed by atoms with Crippen molar-refractivity contribution < 1.29 is 34.8 Å². The zero-order valence-electron chi connectivity index (χ0n) is 15.4. The van der Waals surface area contributed by atoms with Gasteiger partial charge in [0.25, 0.3) is 10.0 Å². The van der Waals surface area contributed by atoms with Gasteiger partial charge in [0.05, 0.1) is 23.1 Å². The van der Waals surface area contributed by atoms with Crippen molar-refractivity contribution in [3.8, 4) is 0 Å². The number of nitrogens with zero attached hydrogens (tertiary/aromatic N) is 1. The van der Waals surface area contributed by atoms with Crippen LogP contribution in [-0.4, -0.2) is 20.4 Å². The van der Waals surface area contributed by atoms with E-state index in [1.54, 1.807) is 0 Å². The van der Waals surface area contributed by atoms with Gasteiger partial charge in [0.1, 0.15) is 0 Å². The van der Waals surface area contributed by atoms with Crippen LogP contribution in [0.2, 0.25) is 0 Å². The molecule has 0 atom stereocenters. The van der Waals surface area contributed by atoms with Crippen LogP contribution in [0.25, 0.3) is 12.2 Å². The summed E-state index contributed by atoms with van der Waals surface area (Å²) in [6, 6.07) is 8.34. The summed E-state index contributed by atoms with van der Waals surface area (Å²) in [5, 5.41) is 0. The summed E-state index contributed by atoms with van der Waals surface area (Å²) in [7, 11) is -3.80. The van der Waals surface area contributed by atoms with Crippen molar-refractivity contribution in [2.24, 2.45) is 4.40 Å². The molecule has 0 spiro atoms. The molecule has 0 fully saturated rings. The summed E-state index contributed by atoms with van der Waals surface area (Å²) >= 11 is 0. The monoisotopic (exact) mass is 447 g/mol. The number of alkyl halides is 6. The second-order valence-corrected chi connectivity index (χ2v) is 7.80. The molecule has 0 aliphatic carbocycles. The molecule has 10 heteroatoms. The number of allylic oxidation sites excluding steroid dienone is 2. The van der Waals surface area contributed by atoms with Crippen LogP contribution in [0, 0.1) is 0 Å². The Labute approximate surface area is 169 Å². The Bertz CT molecular complexity index is 993. The number of sulfonamides is 1. The fraction of sp³-hybridized carbons (Fsp3) is 0.150. The molecule has 0 saturated carbocycles. The van der Waals surface area contributed by atoms with Gasteiger partial charge in [-0.15, -0.1) is 0 Å². The molecule has 0 amide bonds. The minimum Gasteiger partial charge on any atom is -0.205 e. The lowest BCUT2D eigenvalue weighted by atomic mass is 10.1. The van der Waals surface area contributed by atoms with Gasteiger partial charge >= 0.3 is 12.4 Å². The zero-order valence-corrected chi connectivity index (χ0v) is 16.2. The molecule has 0 bridgehead atoms. The predicted octanol–water partition coefficient (Wildman–Crippen LogP) is 5.85. The van der Waals surface area contributed by atoms with Gasteiger partial charge < -0.3 is 0 Å². The van der Waals surface area contributed by atoms with Crippen LogP contribution in [0.4, 0.5) is 26.3 Å². The molecule has 2 aromatic carbocycles. The standard InChI is InChI=1S/C20H15F6NO2S/c1-30(28,29)27-18(12-6-14-2-8-16(9-3-14)19(21,22)23)13-7-15-4-10-17(11-5-15)20(24,25)26/h2-13H,1H3/b12-6+,13-7+. The van der Waals surface area contributed by atoms with Gasteiger partial charge in [-0.1, -0.05) is 36.4 Å². The maximum absolute atomic E-state index is 12.6. The molecule has 0 heterocycles. The van der Waals surface area contributed by atoms with Gasteiger partial charge in [0.2, 0.25) is 0 Å². The van der Waals surface area contributed by atoms with Crippen LogP contribution < -0.4 is 0 Å². The van der Waals surface area contributed by atoms with Crippen LogP contribution in [0.15, 0.2) is 65.1 Å². The summed E-state index contributed by atoms with van der Waals surface area (Å²) in [4.78, 5) is 0. The Morgan fingerprint density at radius 1 is 0.733 bits per heavy atom. The Morgan fingerprint density at radius 2 is 1.07 bits per heavy atom. The average molecular weight is 447 g/mol. The lowest BCUT2D eigenvalue weighted by Gasteiger charge is -2.06. The first-order valence-corrected chi connectivity index (χ1v) is 10.1. The second-order valence-electron chi connectivity index (χ2n) is 6.16. The predicted molar refractivity (Wildman–Crippen MR) is 103 cm³/mol. The van der Waals surface area contributed by atoms with E-state index >= 15 is 0 Å². The molecule has 0 aliphatic heterocycles. The summed E-state index contributed by atoms with van der Waals surface area (Å²) < 4.78 is 102. The van der Waals surface area contributed by atoms with E-state index in [2.05, 4.69) is 4.40 Å². The molecule has 0 saturated heterocycles. The van der Waals surface area contributed by atoms with E-state index in [0.717, 1.165) is 30.5 Å². The van der Waals surface area contributed by atoms with E-state index in [1.807, 2.05) is 0 Å². The maximum Gasteiger partial charge on any atom is 0.416 e. The number of hydrogen-bond acceptors (Lipinski definition) is 2. The lowest BCUT2D eigenvalue weighted by Crippen LogP contribution is -2.04. The lowest BCUT2D eigenvalue weighted by molar-refractivity contribution is -0.138. The first kappa shape index (κ1) is 23.4. The topological polar surface area (TPSA) is 46.5 Å². The first-order valence-electron chi connectivity index (χ1n) is 8.25. The Balaban J connectivity index is 2.26. The normalized spacial score (nSPS) is 13.2. The third kappa shape index (κ3) is 7.51. The van der Waals surface area contributed by atoms with Crippen molar-refractivity contribution in [2.45, 2.75) is 12.4 Å². The molecule has 0 unspecified atom stereocenters. The number of hydrogen-bond donors (Lipinski definition) is 0. The fourth-order valence-corrected chi connectivity index (χ4v) is 2.74. The van der Waals surface area contributed by atoms with E-state index in [-0.39, 0.29) is 5.71 Å². The summed E-state index contributed by atoms with van der Waals surface area (Å²) in [6.45, 7) is 0. The fourth-order valence-electron chi connectivity index (χ4n) is 2.24. The van der Waals surface area contributed by atoms with Crippen LogP contribution in [0.3, 0.4) is 0 Å². The smallest absolute Gasteiger partial charge is 0.205 e. The minimum absolute atomic E-state index is 0.0581. The molecule has 0 aromatic heterocycles. The second kappa shape index (κ2) is 8.86. The number of rotatable bonds is 5. The van der Waals surface area contributed by atoms with Crippen molar-refractivity contribution in [3.05, 3.63) is 82.9 Å². The molecule has 160 valence electrons. The van der Waals surface area contributed by atoms with E-state index in [0.29, 0.717) is 11.1 Å². The van der Waals surface area contributed by atoms with Gasteiger partial charge in [-0.2, -0.15) is 30.7 Å². The van der Waals surface area contributed by atoms with E-state index < -0.39 is 33.5 Å². The molecule has 3 nitrogen and oxygen atoms in total. The van der Waals surface area contributed by atoms with E-state index in [4.69, 9.17) is 0 Å². The summed E-state index contributed by atoms with van der Waals surface area (Å²) in [5.74, 6) is 0. The highest BCUT2D eigenvalue weighted by atomic mass is 32.2. The Morgan fingerprint density at radius 3 is 1.33 bits per heavy atom. The van der Waals surface area contributed by atoms with Crippen LogP contribution in [0.1, 0.15) is 22.3 Å². The molecule has 0 aliphatic rings. The quantitative estimate of drug-likeness (QED) is 0.426. The maximum atomic E-state index is 12.6. The van der Waals surface area contributed by atoms with Gasteiger partial charge in [-0.25, -0.2) is 8.42 Å². The molecular weight excluding hydrogens is 432 g/mol. The van der Waals surface area contributed by atoms with Crippen molar-refractivity contribution in [1.29, 1.82) is 0 Å². The Hall–Kier alpha value is -2.88. The van der Waals surface area contributed by atoms with Gasteiger partial charge in [-0.3, -0.25) is 0 Å². The zero-order chi connectivity index (χ0) is 22.6. The van der Waals surface area contributed by atoms with Gasteiger partial charge in [-0.05, 0) is 47.5 Å². The minimum atomic E-state index is -4.48. The van der Waals surface area contributed by atoms with Gasteiger partial charge in [0, 0.05) is 0 Å². The van der Waals surface area contributed by atoms with Crippen molar-refractivity contribution in [1.82, 2.24) is 0 Å². The highest BCUT2D eigenvalue weighted by Gasteiger charge is 2.30. The number of halogens is 6. The first-order chi connectivity index (χ1) is 13.7. The Kier molecular flexibility index (Phi) is 6.91. The summed E-state index contributed by atoms with van der Waals surface area (Å²) in [6.07, 6.45) is -2.84. The third-order valence-electron chi connectivity index (χ3n) is 3.64. The molecule has 0 radical (unpaired) electrons. The van der Waals surface area contributed by atoms with Crippen molar-refractivity contribution in [2.75, 3.05) is 6.26 Å². The average Bonchev–Trinajstić information content (AvgIpc) is 2.62. The van der Waals surface area contributed by atoms with Gasteiger partial charge in [0.15, 0.2) is 0 Å². The molecule has 2 rings (SSSR count). The summed E-state index contributed by atoms with van der Waals surface area (Å²) in [5.41, 5.74) is -0.977. The van der Waals surface area contributed by atoms with Crippen LogP contribution in [-0.2, 0) is 22.4 Å². The highest BCUT2D eigenvalue weighted by Crippen LogP contribution is 2.30. The molecule has 0 N–H and O–H groups in total. The molecule has 2 aromatic rings. The largest absolute Gasteiger partial charge is 0.416 e. The molecular formula is C20H15F6NO2S. The molecule has 30 heavy (non-hydrogen) atoms. The third-order valence-corrected chi connectivity index (χ3v) is 4.18. The van der Waals surface area contributed by atoms with E-state index in [1.165, 1.54) is 48.6 Å². The van der Waals surface area contributed by atoms with Crippen LogP contribution >= 0.6 is 0 Å². The number of benzene rings is 2.